The number of amides is 1. The molecule has 1 saturated heterocycles. The lowest BCUT2D eigenvalue weighted by atomic mass is 10.1. The van der Waals surface area contributed by atoms with E-state index >= 15 is 0 Å². The lowest BCUT2D eigenvalue weighted by Gasteiger charge is -2.15. The Bertz CT molecular complexity index is 843. The van der Waals surface area contributed by atoms with Gasteiger partial charge < -0.3 is 10.4 Å². The first-order valence-corrected chi connectivity index (χ1v) is 7.60. The van der Waals surface area contributed by atoms with Crippen molar-refractivity contribution in [2.75, 3.05) is 4.90 Å². The summed E-state index contributed by atoms with van der Waals surface area (Å²) in [7, 11) is 0. The van der Waals surface area contributed by atoms with Crippen molar-refractivity contribution in [2.45, 2.75) is 13.8 Å². The summed E-state index contributed by atoms with van der Waals surface area (Å²) in [6.07, 6.45) is 1.60. The predicted octanol–water partition coefficient (Wildman–Crippen LogP) is 3.27. The minimum absolute atomic E-state index is 0.116. The zero-order chi connectivity index (χ0) is 16.6. The minimum Gasteiger partial charge on any atom is -0.507 e. The molecule has 2 aromatic rings. The molecule has 0 atom stereocenters. The van der Waals surface area contributed by atoms with Gasteiger partial charge in [0.15, 0.2) is 5.11 Å². The van der Waals surface area contributed by atoms with Crippen molar-refractivity contribution >= 4 is 35.0 Å². The van der Waals surface area contributed by atoms with Crippen LogP contribution in [0.5, 0.6) is 5.75 Å². The summed E-state index contributed by atoms with van der Waals surface area (Å²) in [6.45, 7) is 4.01. The van der Waals surface area contributed by atoms with Crippen LogP contribution in [0.25, 0.3) is 6.08 Å². The second kappa shape index (κ2) is 5.85. The number of aromatic hydroxyl groups is 1. The number of nitrogens with one attached hydrogen (secondary N) is 1. The van der Waals surface area contributed by atoms with Crippen molar-refractivity contribution in [3.63, 3.8) is 0 Å². The highest BCUT2D eigenvalue weighted by atomic mass is 32.1. The van der Waals surface area contributed by atoms with Crippen molar-refractivity contribution in [1.29, 1.82) is 0 Å². The smallest absolute Gasteiger partial charge is 0.281 e. The average molecular weight is 324 g/mol. The Hall–Kier alpha value is -2.66. The maximum Gasteiger partial charge on any atom is 0.281 e. The molecule has 0 spiro atoms. The summed E-state index contributed by atoms with van der Waals surface area (Å²) in [5.41, 5.74) is 3.89. The topological polar surface area (TPSA) is 52.6 Å². The number of nitrogens with zero attached hydrogens (tertiary/aromatic N) is 1. The van der Waals surface area contributed by atoms with Crippen LogP contribution in [0.1, 0.15) is 16.7 Å². The van der Waals surface area contributed by atoms with Crippen LogP contribution in [-0.2, 0) is 4.79 Å². The fourth-order valence-corrected chi connectivity index (χ4v) is 2.70. The number of thiocarbonyl (C=S) groups is 1. The normalized spacial score (nSPS) is 16.1. The second-order valence-electron chi connectivity index (χ2n) is 5.46. The highest BCUT2D eigenvalue weighted by Crippen LogP contribution is 2.26. The number of phenolic OH excluding ortho intramolecular Hbond substituents is 1. The summed E-state index contributed by atoms with van der Waals surface area (Å²) >= 11 is 5.29. The van der Waals surface area contributed by atoms with E-state index in [-0.39, 0.29) is 11.7 Å². The van der Waals surface area contributed by atoms with Crippen molar-refractivity contribution in [2.24, 2.45) is 0 Å². The monoisotopic (exact) mass is 324 g/mol. The van der Waals surface area contributed by atoms with E-state index in [4.69, 9.17) is 12.2 Å². The average Bonchev–Trinajstić information content (AvgIpc) is 2.79. The summed E-state index contributed by atoms with van der Waals surface area (Å²) in [5, 5.41) is 13.1. The van der Waals surface area contributed by atoms with E-state index in [0.717, 1.165) is 16.8 Å². The van der Waals surface area contributed by atoms with Crippen molar-refractivity contribution in [1.82, 2.24) is 5.32 Å². The van der Waals surface area contributed by atoms with E-state index in [2.05, 4.69) is 5.32 Å². The predicted molar refractivity (Wildman–Crippen MR) is 95.2 cm³/mol. The third-order valence-corrected chi connectivity index (χ3v) is 4.15. The van der Waals surface area contributed by atoms with E-state index < -0.39 is 0 Å². The number of hydrogen-bond donors (Lipinski definition) is 2. The molecule has 23 heavy (non-hydrogen) atoms. The summed E-state index contributed by atoms with van der Waals surface area (Å²) in [4.78, 5) is 14.1. The number of phenols is 1. The SMILES string of the molecule is Cc1ccc(N2C(=O)/C(=C/c3ccccc3O)NC2=S)cc1C. The maximum absolute atomic E-state index is 12.7. The Morgan fingerprint density at radius 1 is 1.13 bits per heavy atom. The molecule has 1 fully saturated rings. The van der Waals surface area contributed by atoms with Gasteiger partial charge in [-0.05, 0) is 61.5 Å². The Kier molecular flexibility index (Phi) is 3.88. The molecule has 2 aromatic carbocycles. The molecule has 5 heteroatoms. The molecule has 1 aliphatic heterocycles. The standard InChI is InChI=1S/C18H16N2O2S/c1-11-7-8-14(9-12(11)2)20-17(22)15(19-18(20)23)10-13-5-3-4-6-16(13)21/h3-10,21H,1-2H3,(H,19,23)/b15-10-. The Morgan fingerprint density at radius 2 is 1.87 bits per heavy atom. The first kappa shape index (κ1) is 15.2. The van der Waals surface area contributed by atoms with Crippen LogP contribution in [-0.4, -0.2) is 16.1 Å². The molecule has 0 radical (unpaired) electrons. The molecular weight excluding hydrogens is 308 g/mol. The van der Waals surface area contributed by atoms with E-state index in [1.165, 1.54) is 4.90 Å². The third kappa shape index (κ3) is 2.83. The fraction of sp³-hybridized carbons (Fsp3) is 0.111. The summed E-state index contributed by atoms with van der Waals surface area (Å²) < 4.78 is 0. The molecular formula is C18H16N2O2S. The quantitative estimate of drug-likeness (QED) is 0.657. The van der Waals surface area contributed by atoms with Gasteiger partial charge in [0, 0.05) is 5.56 Å². The van der Waals surface area contributed by atoms with Gasteiger partial charge >= 0.3 is 0 Å². The van der Waals surface area contributed by atoms with Crippen LogP contribution in [0.2, 0.25) is 0 Å². The largest absolute Gasteiger partial charge is 0.507 e. The van der Waals surface area contributed by atoms with E-state index in [1.54, 1.807) is 30.3 Å². The van der Waals surface area contributed by atoms with Crippen molar-refractivity contribution in [3.05, 3.63) is 64.9 Å². The Morgan fingerprint density at radius 3 is 2.57 bits per heavy atom. The number of aryl methyl sites for hydroxylation is 2. The molecule has 116 valence electrons. The molecule has 3 rings (SSSR count). The maximum atomic E-state index is 12.7. The molecule has 0 aromatic heterocycles. The van der Waals surface area contributed by atoms with Crippen molar-refractivity contribution < 1.29 is 9.90 Å². The van der Waals surface area contributed by atoms with Gasteiger partial charge in [-0.15, -0.1) is 0 Å². The molecule has 0 saturated carbocycles. The van der Waals surface area contributed by atoms with Gasteiger partial charge in [0.05, 0.1) is 5.69 Å². The molecule has 1 amide bonds. The van der Waals surface area contributed by atoms with Gasteiger partial charge in [-0.3, -0.25) is 9.69 Å². The molecule has 4 nitrogen and oxygen atoms in total. The Balaban J connectivity index is 1.97. The number of benzene rings is 2. The molecule has 1 aliphatic rings. The van der Waals surface area contributed by atoms with Crippen LogP contribution in [0.3, 0.4) is 0 Å². The number of hydrogen-bond acceptors (Lipinski definition) is 3. The number of para-hydroxylation sites is 1. The van der Waals surface area contributed by atoms with Crippen LogP contribution < -0.4 is 10.2 Å². The lowest BCUT2D eigenvalue weighted by Crippen LogP contribution is -2.30. The van der Waals surface area contributed by atoms with Gasteiger partial charge in [-0.25, -0.2) is 0 Å². The zero-order valence-corrected chi connectivity index (χ0v) is 13.6. The van der Waals surface area contributed by atoms with E-state index in [1.807, 2.05) is 32.0 Å². The van der Waals surface area contributed by atoms with Crippen molar-refractivity contribution in [3.8, 4) is 5.75 Å². The first-order chi connectivity index (χ1) is 11.0. The van der Waals surface area contributed by atoms with Gasteiger partial charge in [-0.2, -0.15) is 0 Å². The minimum atomic E-state index is -0.235. The molecule has 0 aliphatic carbocycles. The fourth-order valence-electron chi connectivity index (χ4n) is 2.40. The molecule has 1 heterocycles. The Labute approximate surface area is 140 Å². The highest BCUT2D eigenvalue weighted by Gasteiger charge is 2.32. The number of carbonyl (C=O) groups excluding carboxylic acids is 1. The van der Waals surface area contributed by atoms with Crippen LogP contribution in [0.15, 0.2) is 48.2 Å². The van der Waals surface area contributed by atoms with Crippen LogP contribution >= 0.6 is 12.2 Å². The van der Waals surface area contributed by atoms with Gasteiger partial charge in [0.1, 0.15) is 11.4 Å². The van der Waals surface area contributed by atoms with Gasteiger partial charge in [0.25, 0.3) is 5.91 Å². The summed E-state index contributed by atoms with van der Waals surface area (Å²) in [6, 6.07) is 12.6. The molecule has 0 bridgehead atoms. The molecule has 2 N–H and O–H groups in total. The molecule has 0 unspecified atom stereocenters. The number of rotatable bonds is 2. The highest BCUT2D eigenvalue weighted by molar-refractivity contribution is 7.80. The second-order valence-corrected chi connectivity index (χ2v) is 5.84. The van der Waals surface area contributed by atoms with Gasteiger partial charge in [0.2, 0.25) is 0 Å². The first-order valence-electron chi connectivity index (χ1n) is 7.20. The number of carbonyl (C=O) groups is 1. The van der Waals surface area contributed by atoms with Gasteiger partial charge in [-0.1, -0.05) is 24.3 Å². The third-order valence-electron chi connectivity index (χ3n) is 3.86. The van der Waals surface area contributed by atoms with E-state index in [0.29, 0.717) is 16.4 Å². The van der Waals surface area contributed by atoms with Crippen LogP contribution in [0.4, 0.5) is 5.69 Å². The lowest BCUT2D eigenvalue weighted by molar-refractivity contribution is -0.113. The van der Waals surface area contributed by atoms with E-state index in [9.17, 15) is 9.90 Å². The van der Waals surface area contributed by atoms with Crippen LogP contribution in [0, 0.1) is 13.8 Å². The number of anilines is 1. The zero-order valence-electron chi connectivity index (χ0n) is 12.8. The summed E-state index contributed by atoms with van der Waals surface area (Å²) in [5.74, 6) is -0.119.